The van der Waals surface area contributed by atoms with Gasteiger partial charge in [-0.15, -0.1) is 0 Å². The van der Waals surface area contributed by atoms with Crippen LogP contribution in [0.2, 0.25) is 0 Å². The van der Waals surface area contributed by atoms with Crippen molar-refractivity contribution in [3.05, 3.63) is 46.7 Å². The summed E-state index contributed by atoms with van der Waals surface area (Å²) in [7, 11) is -2.33. The SMILES string of the molecule is COc1cc(Br)c(N)cc1S(=O)(=O)NCc1ccncc1. The zero-order valence-electron chi connectivity index (χ0n) is 11.2. The van der Waals surface area contributed by atoms with E-state index in [4.69, 9.17) is 10.5 Å². The first-order valence-electron chi connectivity index (χ1n) is 5.95. The molecule has 3 N–H and O–H groups in total. The normalized spacial score (nSPS) is 11.3. The minimum Gasteiger partial charge on any atom is -0.495 e. The number of anilines is 1. The molecule has 0 aliphatic heterocycles. The summed E-state index contributed by atoms with van der Waals surface area (Å²) in [6, 6.07) is 6.35. The average Bonchev–Trinajstić information content (AvgIpc) is 2.48. The molecule has 0 radical (unpaired) electrons. The third kappa shape index (κ3) is 3.72. The smallest absolute Gasteiger partial charge is 0.244 e. The molecular weight excluding hydrogens is 358 g/mol. The molecular formula is C13H14BrN3O3S. The van der Waals surface area contributed by atoms with E-state index in [0.29, 0.717) is 10.2 Å². The van der Waals surface area contributed by atoms with Gasteiger partial charge in [0, 0.05) is 29.1 Å². The zero-order chi connectivity index (χ0) is 15.5. The van der Waals surface area contributed by atoms with E-state index in [9.17, 15) is 8.42 Å². The van der Waals surface area contributed by atoms with Crippen LogP contribution in [0.5, 0.6) is 5.75 Å². The predicted octanol–water partition coefficient (Wildman–Crippen LogP) is 1.91. The lowest BCUT2D eigenvalue weighted by atomic mass is 10.3. The van der Waals surface area contributed by atoms with E-state index in [0.717, 1.165) is 5.56 Å². The molecule has 1 aromatic heterocycles. The highest BCUT2D eigenvalue weighted by Crippen LogP contribution is 2.32. The molecule has 6 nitrogen and oxygen atoms in total. The lowest BCUT2D eigenvalue weighted by Gasteiger charge is -2.12. The molecule has 0 atom stereocenters. The van der Waals surface area contributed by atoms with Gasteiger partial charge in [-0.1, -0.05) is 0 Å². The number of nitrogen functional groups attached to an aromatic ring is 1. The summed E-state index contributed by atoms with van der Waals surface area (Å²) in [4.78, 5) is 3.88. The van der Waals surface area contributed by atoms with Gasteiger partial charge in [0.2, 0.25) is 10.0 Å². The molecule has 0 fully saturated rings. The topological polar surface area (TPSA) is 94.3 Å². The Bertz CT molecular complexity index is 736. The van der Waals surface area contributed by atoms with Gasteiger partial charge in [-0.25, -0.2) is 13.1 Å². The maximum Gasteiger partial charge on any atom is 0.244 e. The zero-order valence-corrected chi connectivity index (χ0v) is 13.6. The summed E-state index contributed by atoms with van der Waals surface area (Å²) in [6.45, 7) is 0.157. The number of pyridine rings is 1. The van der Waals surface area contributed by atoms with Crippen molar-refractivity contribution in [1.29, 1.82) is 0 Å². The van der Waals surface area contributed by atoms with E-state index in [-0.39, 0.29) is 17.2 Å². The fraction of sp³-hybridized carbons (Fsp3) is 0.154. The largest absolute Gasteiger partial charge is 0.495 e. The van der Waals surface area contributed by atoms with Gasteiger partial charge in [0.05, 0.1) is 7.11 Å². The summed E-state index contributed by atoms with van der Waals surface area (Å²) >= 11 is 3.24. The number of rotatable bonds is 5. The van der Waals surface area contributed by atoms with Crippen molar-refractivity contribution in [2.75, 3.05) is 12.8 Å². The quantitative estimate of drug-likeness (QED) is 0.782. The van der Waals surface area contributed by atoms with Gasteiger partial charge in [-0.05, 0) is 45.8 Å². The van der Waals surface area contributed by atoms with Crippen LogP contribution in [0.15, 0.2) is 46.0 Å². The second kappa shape index (κ2) is 6.42. The molecule has 2 aromatic rings. The van der Waals surface area contributed by atoms with Gasteiger partial charge in [0.15, 0.2) is 0 Å². The van der Waals surface area contributed by atoms with Crippen molar-refractivity contribution in [3.63, 3.8) is 0 Å². The monoisotopic (exact) mass is 371 g/mol. The summed E-state index contributed by atoms with van der Waals surface area (Å²) in [5, 5.41) is 0. The Morgan fingerprint density at radius 1 is 1.33 bits per heavy atom. The Morgan fingerprint density at radius 2 is 2.00 bits per heavy atom. The third-order valence-corrected chi connectivity index (χ3v) is 4.90. The molecule has 2 rings (SSSR count). The molecule has 112 valence electrons. The highest BCUT2D eigenvalue weighted by molar-refractivity contribution is 9.10. The molecule has 0 saturated heterocycles. The fourth-order valence-electron chi connectivity index (χ4n) is 1.68. The van der Waals surface area contributed by atoms with Gasteiger partial charge < -0.3 is 10.5 Å². The van der Waals surface area contributed by atoms with Crippen LogP contribution in [-0.4, -0.2) is 20.5 Å². The van der Waals surface area contributed by atoms with Crippen LogP contribution >= 0.6 is 15.9 Å². The van der Waals surface area contributed by atoms with Crippen LogP contribution in [0.3, 0.4) is 0 Å². The average molecular weight is 372 g/mol. The van der Waals surface area contributed by atoms with E-state index in [2.05, 4.69) is 25.6 Å². The number of nitrogens with one attached hydrogen (secondary N) is 1. The first kappa shape index (κ1) is 15.7. The fourth-order valence-corrected chi connectivity index (χ4v) is 3.20. The minimum absolute atomic E-state index is 0.000226. The molecule has 21 heavy (non-hydrogen) atoms. The van der Waals surface area contributed by atoms with Crippen LogP contribution in [0.4, 0.5) is 5.69 Å². The number of nitrogens with zero attached hydrogens (tertiary/aromatic N) is 1. The number of hydrogen-bond donors (Lipinski definition) is 2. The first-order chi connectivity index (χ1) is 9.94. The van der Waals surface area contributed by atoms with E-state index in [1.807, 2.05) is 0 Å². The summed E-state index contributed by atoms with van der Waals surface area (Å²) < 4.78 is 32.9. The molecule has 0 spiro atoms. The number of methoxy groups -OCH3 is 1. The molecule has 0 aliphatic carbocycles. The number of ether oxygens (including phenoxy) is 1. The van der Waals surface area contributed by atoms with Crippen molar-refractivity contribution in [3.8, 4) is 5.75 Å². The number of halogens is 1. The van der Waals surface area contributed by atoms with Crippen molar-refractivity contribution >= 4 is 31.6 Å². The predicted molar refractivity (Wildman–Crippen MR) is 83.4 cm³/mol. The van der Waals surface area contributed by atoms with E-state index >= 15 is 0 Å². The summed E-state index contributed by atoms with van der Waals surface area (Å²) in [5.41, 5.74) is 6.87. The van der Waals surface area contributed by atoms with Crippen molar-refractivity contribution in [2.45, 2.75) is 11.4 Å². The molecule has 0 unspecified atom stereocenters. The molecule has 0 bridgehead atoms. The van der Waals surface area contributed by atoms with Crippen molar-refractivity contribution < 1.29 is 13.2 Å². The molecule has 0 amide bonds. The number of nitrogens with two attached hydrogens (primary N) is 1. The van der Waals surface area contributed by atoms with Crippen molar-refractivity contribution in [2.24, 2.45) is 0 Å². The van der Waals surface area contributed by atoms with Crippen molar-refractivity contribution in [1.82, 2.24) is 9.71 Å². The molecule has 1 aromatic carbocycles. The van der Waals surface area contributed by atoms with Gasteiger partial charge in [0.25, 0.3) is 0 Å². The molecule has 0 aliphatic rings. The highest BCUT2D eigenvalue weighted by atomic mass is 79.9. The maximum absolute atomic E-state index is 12.4. The standard InChI is InChI=1S/C13H14BrN3O3S/c1-20-12-6-10(14)11(15)7-13(12)21(18,19)17-8-9-2-4-16-5-3-9/h2-7,17H,8,15H2,1H3. The van der Waals surface area contributed by atoms with Crippen LogP contribution in [0.25, 0.3) is 0 Å². The Hall–Kier alpha value is -1.64. The van der Waals surface area contributed by atoms with Gasteiger partial charge >= 0.3 is 0 Å². The Balaban J connectivity index is 2.29. The second-order valence-corrected chi connectivity index (χ2v) is 6.79. The Kier molecular flexibility index (Phi) is 4.81. The lowest BCUT2D eigenvalue weighted by molar-refractivity contribution is 0.402. The lowest BCUT2D eigenvalue weighted by Crippen LogP contribution is -2.24. The Labute approximate surface area is 131 Å². The maximum atomic E-state index is 12.4. The summed E-state index contributed by atoms with van der Waals surface area (Å²) in [5.74, 6) is 0.221. The van der Waals surface area contributed by atoms with Crippen LogP contribution in [0.1, 0.15) is 5.56 Å². The third-order valence-electron chi connectivity index (χ3n) is 2.79. The summed E-state index contributed by atoms with van der Waals surface area (Å²) in [6.07, 6.45) is 3.20. The number of benzene rings is 1. The number of hydrogen-bond acceptors (Lipinski definition) is 5. The van der Waals surface area contributed by atoms with Gasteiger partial charge in [0.1, 0.15) is 10.6 Å². The molecule has 8 heteroatoms. The van der Waals surface area contributed by atoms with E-state index < -0.39 is 10.0 Å². The molecule has 1 heterocycles. The first-order valence-corrected chi connectivity index (χ1v) is 8.23. The van der Waals surface area contributed by atoms with E-state index in [1.165, 1.54) is 19.2 Å². The van der Waals surface area contributed by atoms with Crippen LogP contribution < -0.4 is 15.2 Å². The van der Waals surface area contributed by atoms with Crippen LogP contribution in [0, 0.1) is 0 Å². The van der Waals surface area contributed by atoms with Gasteiger partial charge in [-0.3, -0.25) is 4.98 Å². The highest BCUT2D eigenvalue weighted by Gasteiger charge is 2.21. The van der Waals surface area contributed by atoms with E-state index in [1.54, 1.807) is 24.5 Å². The number of aromatic nitrogens is 1. The second-order valence-electron chi connectivity index (χ2n) is 4.20. The Morgan fingerprint density at radius 3 is 2.62 bits per heavy atom. The minimum atomic E-state index is -3.74. The number of sulfonamides is 1. The van der Waals surface area contributed by atoms with Gasteiger partial charge in [-0.2, -0.15) is 0 Å². The molecule has 0 saturated carbocycles. The van der Waals surface area contributed by atoms with Crippen LogP contribution in [-0.2, 0) is 16.6 Å².